The third kappa shape index (κ3) is 4.29. The molecule has 1 aliphatic rings. The first-order chi connectivity index (χ1) is 16.7. The van der Waals surface area contributed by atoms with Crippen LogP contribution in [0.3, 0.4) is 0 Å². The Morgan fingerprint density at radius 2 is 1.83 bits per heavy atom. The number of hydrogen-bond acceptors (Lipinski definition) is 7. The number of ether oxygens (including phenoxy) is 1. The first kappa shape index (κ1) is 23.4. The number of nitrogens with zero attached hydrogens (tertiary/aromatic N) is 2. The van der Waals surface area contributed by atoms with Gasteiger partial charge in [0.25, 0.3) is 11.7 Å². The largest absolute Gasteiger partial charge is 0.507 e. The van der Waals surface area contributed by atoms with E-state index in [1.54, 1.807) is 19.1 Å². The van der Waals surface area contributed by atoms with E-state index in [0.717, 1.165) is 29.2 Å². The van der Waals surface area contributed by atoms with E-state index in [9.17, 15) is 34.3 Å². The minimum Gasteiger partial charge on any atom is -0.507 e. The van der Waals surface area contributed by atoms with Gasteiger partial charge in [0.2, 0.25) is 0 Å². The maximum atomic E-state index is 14.0. The lowest BCUT2D eigenvalue weighted by Crippen LogP contribution is -2.29. The van der Waals surface area contributed by atoms with E-state index in [4.69, 9.17) is 4.74 Å². The van der Waals surface area contributed by atoms with E-state index >= 15 is 0 Å². The van der Waals surface area contributed by atoms with E-state index in [-0.39, 0.29) is 22.4 Å². The minimum absolute atomic E-state index is 0.0126. The van der Waals surface area contributed by atoms with Crippen molar-refractivity contribution in [2.24, 2.45) is 0 Å². The molecule has 10 heteroatoms. The van der Waals surface area contributed by atoms with Crippen LogP contribution in [0.1, 0.15) is 24.1 Å². The zero-order valence-electron chi connectivity index (χ0n) is 18.3. The molecule has 1 atom stereocenters. The number of Topliss-reactive ketones (excluding diaryl/α,β-unsaturated/α-hetero) is 1. The fourth-order valence-corrected chi connectivity index (χ4v) is 3.93. The van der Waals surface area contributed by atoms with E-state index in [2.05, 4.69) is 0 Å². The number of ketones is 1. The van der Waals surface area contributed by atoms with Gasteiger partial charge in [0.1, 0.15) is 17.3 Å². The standard InChI is InChI=1S/C25H19FN2O7/c1-2-35-18-9-6-14(7-10-18)23(30)21-22(15-8-11-20(29)19(12-15)28(33)34)27(25(32)24(21)31)17-5-3-4-16(26)13-17/h3-13,22,29-30H,2H2,1H3/b23-21-. The van der Waals surface area contributed by atoms with Crippen molar-refractivity contribution in [3.05, 3.63) is 99.4 Å². The molecule has 3 aromatic carbocycles. The highest BCUT2D eigenvalue weighted by molar-refractivity contribution is 6.51. The summed E-state index contributed by atoms with van der Waals surface area (Å²) in [5.74, 6) is -3.40. The van der Waals surface area contributed by atoms with Crippen LogP contribution in [0, 0.1) is 15.9 Å². The lowest BCUT2D eigenvalue weighted by molar-refractivity contribution is -0.385. The highest BCUT2D eigenvalue weighted by atomic mass is 19.1. The molecule has 2 N–H and O–H groups in total. The molecule has 1 saturated heterocycles. The average molecular weight is 478 g/mol. The number of phenolic OH excluding ortho intramolecular Hbond substituents is 1. The number of benzene rings is 3. The Morgan fingerprint density at radius 1 is 1.11 bits per heavy atom. The summed E-state index contributed by atoms with van der Waals surface area (Å²) >= 11 is 0. The number of aliphatic hydroxyl groups is 1. The van der Waals surface area contributed by atoms with Gasteiger partial charge in [-0.1, -0.05) is 12.1 Å². The molecule has 0 aliphatic carbocycles. The number of nitro benzene ring substituents is 1. The first-order valence-corrected chi connectivity index (χ1v) is 10.5. The lowest BCUT2D eigenvalue weighted by atomic mass is 9.94. The molecule has 178 valence electrons. The molecule has 4 rings (SSSR count). The predicted octanol–water partition coefficient (Wildman–Crippen LogP) is 4.46. The summed E-state index contributed by atoms with van der Waals surface area (Å²) < 4.78 is 19.4. The number of phenols is 1. The zero-order valence-corrected chi connectivity index (χ0v) is 18.3. The Bertz CT molecular complexity index is 1370. The maximum absolute atomic E-state index is 14.0. The van der Waals surface area contributed by atoms with Gasteiger partial charge in [0.15, 0.2) is 5.75 Å². The van der Waals surface area contributed by atoms with E-state index in [1.807, 2.05) is 0 Å². The molecule has 1 aliphatic heterocycles. The molecular weight excluding hydrogens is 459 g/mol. The number of anilines is 1. The summed E-state index contributed by atoms with van der Waals surface area (Å²) in [5.41, 5.74) is -0.732. The molecule has 3 aromatic rings. The molecule has 1 fully saturated rings. The average Bonchev–Trinajstić information content (AvgIpc) is 3.10. The Labute approximate surface area is 198 Å². The topological polar surface area (TPSA) is 130 Å². The molecule has 0 spiro atoms. The van der Waals surface area contributed by atoms with Crippen LogP contribution in [0.2, 0.25) is 0 Å². The van der Waals surface area contributed by atoms with Crippen LogP contribution >= 0.6 is 0 Å². The van der Waals surface area contributed by atoms with Crippen molar-refractivity contribution in [2.45, 2.75) is 13.0 Å². The fourth-order valence-electron chi connectivity index (χ4n) is 3.93. The first-order valence-electron chi connectivity index (χ1n) is 10.5. The quantitative estimate of drug-likeness (QED) is 0.176. The second-order valence-electron chi connectivity index (χ2n) is 7.61. The molecule has 1 amide bonds. The molecule has 1 unspecified atom stereocenters. The van der Waals surface area contributed by atoms with Gasteiger partial charge in [-0.2, -0.15) is 0 Å². The summed E-state index contributed by atoms with van der Waals surface area (Å²) in [6.07, 6.45) is 0. The second-order valence-corrected chi connectivity index (χ2v) is 7.61. The molecule has 9 nitrogen and oxygen atoms in total. The molecule has 0 radical (unpaired) electrons. The van der Waals surface area contributed by atoms with Gasteiger partial charge in [-0.25, -0.2) is 4.39 Å². The number of halogens is 1. The van der Waals surface area contributed by atoms with Gasteiger partial charge < -0.3 is 14.9 Å². The van der Waals surface area contributed by atoms with Crippen LogP contribution < -0.4 is 9.64 Å². The SMILES string of the molecule is CCOc1ccc(/C(O)=C2/C(=O)C(=O)N(c3cccc(F)c3)C2c2ccc(O)c([N+](=O)[O-])c2)cc1. The van der Waals surface area contributed by atoms with Gasteiger partial charge in [0.05, 0.1) is 23.1 Å². The molecule has 0 bridgehead atoms. The second kappa shape index (κ2) is 9.26. The Morgan fingerprint density at radius 3 is 2.46 bits per heavy atom. The van der Waals surface area contributed by atoms with Crippen LogP contribution in [0.25, 0.3) is 5.76 Å². The lowest BCUT2D eigenvalue weighted by Gasteiger charge is -2.25. The Kier molecular flexibility index (Phi) is 6.20. The number of carbonyl (C=O) groups is 2. The van der Waals surface area contributed by atoms with Crippen LogP contribution in [0.15, 0.2) is 72.3 Å². The summed E-state index contributed by atoms with van der Waals surface area (Å²) in [6.45, 7) is 2.22. The number of aliphatic hydroxyl groups excluding tert-OH is 1. The van der Waals surface area contributed by atoms with Gasteiger partial charge in [-0.05, 0) is 61.0 Å². The van der Waals surface area contributed by atoms with E-state index in [0.29, 0.717) is 12.4 Å². The third-order valence-electron chi connectivity index (χ3n) is 5.48. The van der Waals surface area contributed by atoms with Crippen LogP contribution in [-0.4, -0.2) is 33.4 Å². The van der Waals surface area contributed by atoms with Crippen molar-refractivity contribution in [2.75, 3.05) is 11.5 Å². The summed E-state index contributed by atoms with van der Waals surface area (Å²) in [6, 6.07) is 13.1. The molecule has 1 heterocycles. The molecule has 0 saturated carbocycles. The van der Waals surface area contributed by atoms with Crippen LogP contribution in [-0.2, 0) is 9.59 Å². The fraction of sp³-hybridized carbons (Fsp3) is 0.120. The van der Waals surface area contributed by atoms with Crippen LogP contribution in [0.4, 0.5) is 15.8 Å². The monoisotopic (exact) mass is 478 g/mol. The van der Waals surface area contributed by atoms with E-state index < -0.39 is 45.7 Å². The Balaban J connectivity index is 1.94. The molecular formula is C25H19FN2O7. The minimum atomic E-state index is -1.33. The summed E-state index contributed by atoms with van der Waals surface area (Å²) in [7, 11) is 0. The summed E-state index contributed by atoms with van der Waals surface area (Å²) in [5, 5.41) is 32.4. The smallest absolute Gasteiger partial charge is 0.311 e. The Hall–Kier alpha value is -4.73. The number of nitro groups is 1. The van der Waals surface area contributed by atoms with Gasteiger partial charge in [-0.15, -0.1) is 0 Å². The molecule has 0 aromatic heterocycles. The maximum Gasteiger partial charge on any atom is 0.311 e. The highest BCUT2D eigenvalue weighted by Crippen LogP contribution is 2.44. The van der Waals surface area contributed by atoms with Crippen LogP contribution in [0.5, 0.6) is 11.5 Å². The number of carbonyl (C=O) groups excluding carboxylic acids is 2. The number of amides is 1. The van der Waals surface area contributed by atoms with Crippen molar-refractivity contribution in [1.29, 1.82) is 0 Å². The summed E-state index contributed by atoms with van der Waals surface area (Å²) in [4.78, 5) is 37.7. The van der Waals surface area contributed by atoms with Crippen molar-refractivity contribution in [3.63, 3.8) is 0 Å². The number of hydrogen-bond donors (Lipinski definition) is 2. The highest BCUT2D eigenvalue weighted by Gasteiger charge is 2.47. The predicted molar refractivity (Wildman–Crippen MR) is 124 cm³/mol. The van der Waals surface area contributed by atoms with Crippen molar-refractivity contribution < 1.29 is 33.9 Å². The zero-order chi connectivity index (χ0) is 25.3. The van der Waals surface area contributed by atoms with Crippen molar-refractivity contribution in [1.82, 2.24) is 0 Å². The van der Waals surface area contributed by atoms with Crippen molar-refractivity contribution in [3.8, 4) is 11.5 Å². The number of rotatable bonds is 6. The molecule has 35 heavy (non-hydrogen) atoms. The van der Waals surface area contributed by atoms with Gasteiger partial charge in [-0.3, -0.25) is 24.6 Å². The third-order valence-corrected chi connectivity index (χ3v) is 5.48. The van der Waals surface area contributed by atoms with Gasteiger partial charge in [0, 0.05) is 17.3 Å². The van der Waals surface area contributed by atoms with Gasteiger partial charge >= 0.3 is 5.69 Å². The number of aromatic hydroxyl groups is 1. The van der Waals surface area contributed by atoms with Crippen molar-refractivity contribution >= 4 is 28.8 Å². The van der Waals surface area contributed by atoms with E-state index in [1.165, 1.54) is 30.3 Å². The normalized spacial score (nSPS) is 17.0.